The molecule has 92 valence electrons. The van der Waals surface area contributed by atoms with Crippen molar-refractivity contribution < 1.29 is 9.59 Å². The number of hydrogen-bond acceptors (Lipinski definition) is 3. The molecule has 1 aromatic rings. The smallest absolute Gasteiger partial charge is 0.236 e. The van der Waals surface area contributed by atoms with E-state index < -0.39 is 5.91 Å². The Morgan fingerprint density at radius 1 is 1.24 bits per heavy atom. The van der Waals surface area contributed by atoms with E-state index in [1.165, 1.54) is 5.56 Å². The van der Waals surface area contributed by atoms with Crippen molar-refractivity contribution in [2.45, 2.75) is 12.2 Å². The molecule has 0 spiro atoms. The first kappa shape index (κ1) is 13.6. The largest absolute Gasteiger partial charge is 0.368 e. The molecule has 0 unspecified atom stereocenters. The van der Waals surface area contributed by atoms with E-state index in [4.69, 9.17) is 5.73 Å². The quantitative estimate of drug-likeness (QED) is 0.709. The molecule has 1 aromatic carbocycles. The first-order valence-electron chi connectivity index (χ1n) is 5.35. The van der Waals surface area contributed by atoms with Crippen molar-refractivity contribution in [3.05, 3.63) is 35.9 Å². The molecule has 0 radical (unpaired) electrons. The number of benzene rings is 1. The third-order valence-electron chi connectivity index (χ3n) is 2.04. The molecule has 0 aromatic heterocycles. The summed E-state index contributed by atoms with van der Waals surface area (Å²) in [5.74, 6) is 0.975. The van der Waals surface area contributed by atoms with E-state index in [0.717, 1.165) is 11.5 Å². The number of nitrogens with two attached hydrogens (primary N) is 1. The molecule has 0 bridgehead atoms. The average molecular weight is 252 g/mol. The maximum absolute atomic E-state index is 11.2. The van der Waals surface area contributed by atoms with Gasteiger partial charge in [-0.05, 0) is 5.56 Å². The Balaban J connectivity index is 2.08. The number of carbonyl (C=O) groups excluding carboxylic acids is 2. The van der Waals surface area contributed by atoms with Crippen molar-refractivity contribution in [2.24, 2.45) is 5.73 Å². The zero-order valence-corrected chi connectivity index (χ0v) is 10.3. The van der Waals surface area contributed by atoms with Gasteiger partial charge in [-0.1, -0.05) is 30.3 Å². The van der Waals surface area contributed by atoms with Gasteiger partial charge in [-0.15, -0.1) is 0 Å². The Hall–Kier alpha value is -1.49. The Morgan fingerprint density at radius 3 is 2.59 bits per heavy atom. The summed E-state index contributed by atoms with van der Waals surface area (Å²) >= 11 is 1.69. The minimum absolute atomic E-state index is 0.0812. The monoisotopic (exact) mass is 252 g/mol. The average Bonchev–Trinajstić information content (AvgIpc) is 2.33. The maximum Gasteiger partial charge on any atom is 0.236 e. The molecule has 3 N–H and O–H groups in total. The second-order valence-electron chi connectivity index (χ2n) is 3.53. The number of rotatable bonds is 7. The molecule has 0 saturated heterocycles. The van der Waals surface area contributed by atoms with Crippen LogP contribution in [-0.4, -0.2) is 24.1 Å². The van der Waals surface area contributed by atoms with Crippen LogP contribution in [0.15, 0.2) is 30.3 Å². The van der Waals surface area contributed by atoms with Crippen LogP contribution in [-0.2, 0) is 15.3 Å². The van der Waals surface area contributed by atoms with Crippen LogP contribution >= 0.6 is 11.8 Å². The summed E-state index contributed by atoms with van der Waals surface area (Å²) in [5, 5.41) is 2.45. The fourth-order valence-corrected chi connectivity index (χ4v) is 2.11. The lowest BCUT2D eigenvalue weighted by Crippen LogP contribution is -2.33. The van der Waals surface area contributed by atoms with Gasteiger partial charge in [-0.25, -0.2) is 0 Å². The molecule has 0 fully saturated rings. The molecule has 0 saturated carbocycles. The molecule has 0 heterocycles. The zero-order valence-electron chi connectivity index (χ0n) is 9.52. The van der Waals surface area contributed by atoms with Gasteiger partial charge in [0.25, 0.3) is 0 Å². The molecular formula is C12H16N2O2S. The minimum Gasteiger partial charge on any atom is -0.368 e. The van der Waals surface area contributed by atoms with Gasteiger partial charge in [-0.2, -0.15) is 11.8 Å². The number of amides is 2. The molecule has 0 aliphatic carbocycles. The molecule has 1 rings (SSSR count). The lowest BCUT2D eigenvalue weighted by Gasteiger charge is -2.03. The summed E-state index contributed by atoms with van der Waals surface area (Å²) in [5.41, 5.74) is 6.16. The van der Waals surface area contributed by atoms with Crippen LogP contribution in [0, 0.1) is 0 Å². The molecule has 5 heteroatoms. The molecule has 17 heavy (non-hydrogen) atoms. The highest BCUT2D eigenvalue weighted by molar-refractivity contribution is 7.98. The molecular weight excluding hydrogens is 236 g/mol. The van der Waals surface area contributed by atoms with Crippen LogP contribution in [0.4, 0.5) is 0 Å². The Labute approximate surface area is 105 Å². The first-order valence-corrected chi connectivity index (χ1v) is 6.50. The summed E-state index contributed by atoms with van der Waals surface area (Å²) in [6.07, 6.45) is 0.408. The lowest BCUT2D eigenvalue weighted by atomic mass is 10.2. The van der Waals surface area contributed by atoms with E-state index in [-0.39, 0.29) is 12.5 Å². The summed E-state index contributed by atoms with van der Waals surface area (Å²) in [6.45, 7) is -0.0812. The van der Waals surface area contributed by atoms with Gasteiger partial charge in [0.2, 0.25) is 11.8 Å². The second kappa shape index (κ2) is 7.73. The van der Waals surface area contributed by atoms with Gasteiger partial charge in [0.1, 0.15) is 0 Å². The van der Waals surface area contributed by atoms with Gasteiger partial charge in [-0.3, -0.25) is 9.59 Å². The maximum atomic E-state index is 11.2. The molecule has 0 aliphatic heterocycles. The van der Waals surface area contributed by atoms with E-state index in [2.05, 4.69) is 17.4 Å². The van der Waals surface area contributed by atoms with E-state index >= 15 is 0 Å². The Bertz CT molecular complexity index is 368. The summed E-state index contributed by atoms with van der Waals surface area (Å²) in [7, 11) is 0. The highest BCUT2D eigenvalue weighted by atomic mass is 32.2. The molecule has 2 amide bonds. The van der Waals surface area contributed by atoms with Gasteiger partial charge < -0.3 is 11.1 Å². The first-order chi connectivity index (χ1) is 8.18. The highest BCUT2D eigenvalue weighted by Crippen LogP contribution is 2.12. The van der Waals surface area contributed by atoms with Crippen LogP contribution < -0.4 is 11.1 Å². The number of nitrogens with one attached hydrogen (secondary N) is 1. The number of carbonyl (C=O) groups is 2. The third-order valence-corrected chi connectivity index (χ3v) is 3.08. The predicted octanol–water partition coefficient (Wildman–Crippen LogP) is 0.911. The molecule has 4 nitrogen and oxygen atoms in total. The van der Waals surface area contributed by atoms with Gasteiger partial charge in [0, 0.05) is 17.9 Å². The van der Waals surface area contributed by atoms with Crippen molar-refractivity contribution >= 4 is 23.6 Å². The van der Waals surface area contributed by atoms with Crippen LogP contribution in [0.5, 0.6) is 0 Å². The van der Waals surface area contributed by atoms with E-state index in [0.29, 0.717) is 6.42 Å². The Kier molecular flexibility index (Phi) is 6.17. The lowest BCUT2D eigenvalue weighted by molar-refractivity contribution is -0.124. The SMILES string of the molecule is NC(=O)CNC(=O)CCSCc1ccccc1. The second-order valence-corrected chi connectivity index (χ2v) is 4.64. The van der Waals surface area contributed by atoms with Crippen LogP contribution in [0.25, 0.3) is 0 Å². The molecule has 0 atom stereocenters. The van der Waals surface area contributed by atoms with Crippen molar-refractivity contribution in [3.8, 4) is 0 Å². The third kappa shape index (κ3) is 6.63. The Morgan fingerprint density at radius 2 is 1.94 bits per heavy atom. The standard InChI is InChI=1S/C12H16N2O2S/c13-11(15)8-14-12(16)6-7-17-9-10-4-2-1-3-5-10/h1-5H,6-9H2,(H2,13,15)(H,14,16). The van der Waals surface area contributed by atoms with E-state index in [9.17, 15) is 9.59 Å². The minimum atomic E-state index is -0.518. The van der Waals surface area contributed by atoms with Crippen molar-refractivity contribution in [1.29, 1.82) is 0 Å². The normalized spacial score (nSPS) is 9.88. The number of thioether (sulfide) groups is 1. The highest BCUT2D eigenvalue weighted by Gasteiger charge is 2.02. The van der Waals surface area contributed by atoms with Gasteiger partial charge >= 0.3 is 0 Å². The van der Waals surface area contributed by atoms with Crippen molar-refractivity contribution in [3.63, 3.8) is 0 Å². The zero-order chi connectivity index (χ0) is 12.5. The number of hydrogen-bond donors (Lipinski definition) is 2. The fourth-order valence-electron chi connectivity index (χ4n) is 1.20. The van der Waals surface area contributed by atoms with Crippen LogP contribution in [0.1, 0.15) is 12.0 Å². The molecule has 0 aliphatic rings. The van der Waals surface area contributed by atoms with Crippen molar-refractivity contribution in [2.75, 3.05) is 12.3 Å². The van der Waals surface area contributed by atoms with Gasteiger partial charge in [0.05, 0.1) is 6.54 Å². The summed E-state index contributed by atoms with van der Waals surface area (Å²) in [4.78, 5) is 21.6. The van der Waals surface area contributed by atoms with Crippen molar-refractivity contribution in [1.82, 2.24) is 5.32 Å². The van der Waals surface area contributed by atoms with Gasteiger partial charge in [0.15, 0.2) is 0 Å². The topological polar surface area (TPSA) is 72.2 Å². The van der Waals surface area contributed by atoms with Crippen LogP contribution in [0.3, 0.4) is 0 Å². The number of primary amides is 1. The van der Waals surface area contributed by atoms with E-state index in [1.54, 1.807) is 11.8 Å². The summed E-state index contributed by atoms with van der Waals surface area (Å²) < 4.78 is 0. The summed E-state index contributed by atoms with van der Waals surface area (Å²) in [6, 6.07) is 10.1. The van der Waals surface area contributed by atoms with E-state index in [1.807, 2.05) is 18.2 Å². The van der Waals surface area contributed by atoms with Crippen LogP contribution in [0.2, 0.25) is 0 Å². The predicted molar refractivity (Wildman–Crippen MR) is 69.4 cm³/mol. The fraction of sp³-hybridized carbons (Fsp3) is 0.333.